The van der Waals surface area contributed by atoms with Crippen LogP contribution in [0.4, 0.5) is 8.78 Å². The highest BCUT2D eigenvalue weighted by Gasteiger charge is 2.23. The molecule has 0 spiro atoms. The fraction of sp³-hybridized carbons (Fsp3) is 0.143. The standard InChI is InChI=1S/C14H12F2N2O3/c1-17-14(20)12(8-2-3-10(15)11(16)6-8)18-13(19)9-4-5-21-7-9/h2-7,12H,1H3,(H,17,20)(H,18,19). The molecule has 21 heavy (non-hydrogen) atoms. The summed E-state index contributed by atoms with van der Waals surface area (Å²) in [5.74, 6) is -3.26. The number of halogens is 2. The summed E-state index contributed by atoms with van der Waals surface area (Å²) >= 11 is 0. The molecular weight excluding hydrogens is 282 g/mol. The van der Waals surface area contributed by atoms with E-state index in [1.165, 1.54) is 31.7 Å². The fourth-order valence-electron chi connectivity index (χ4n) is 1.74. The largest absolute Gasteiger partial charge is 0.472 e. The molecule has 1 unspecified atom stereocenters. The van der Waals surface area contributed by atoms with Gasteiger partial charge in [0.05, 0.1) is 11.8 Å². The van der Waals surface area contributed by atoms with Crippen molar-refractivity contribution < 1.29 is 22.8 Å². The van der Waals surface area contributed by atoms with Crippen LogP contribution in [0.25, 0.3) is 0 Å². The van der Waals surface area contributed by atoms with Crippen LogP contribution in [0.2, 0.25) is 0 Å². The average molecular weight is 294 g/mol. The smallest absolute Gasteiger partial charge is 0.255 e. The fourth-order valence-corrected chi connectivity index (χ4v) is 1.74. The topological polar surface area (TPSA) is 71.3 Å². The zero-order chi connectivity index (χ0) is 15.4. The van der Waals surface area contributed by atoms with Gasteiger partial charge < -0.3 is 15.1 Å². The molecule has 0 saturated heterocycles. The molecule has 2 N–H and O–H groups in total. The summed E-state index contributed by atoms with van der Waals surface area (Å²) in [5, 5.41) is 4.79. The third-order valence-corrected chi connectivity index (χ3v) is 2.84. The molecule has 1 aromatic carbocycles. The van der Waals surface area contributed by atoms with Crippen LogP contribution in [0.15, 0.2) is 41.2 Å². The summed E-state index contributed by atoms with van der Waals surface area (Å²) < 4.78 is 31.0. The van der Waals surface area contributed by atoms with Crippen molar-refractivity contribution >= 4 is 11.8 Å². The molecule has 0 fully saturated rings. The molecule has 7 heteroatoms. The number of nitrogens with one attached hydrogen (secondary N) is 2. The van der Waals surface area contributed by atoms with Crippen molar-refractivity contribution in [1.82, 2.24) is 10.6 Å². The number of amides is 2. The summed E-state index contributed by atoms with van der Waals surface area (Å²) in [6.45, 7) is 0. The van der Waals surface area contributed by atoms with Crippen LogP contribution < -0.4 is 10.6 Å². The first-order chi connectivity index (χ1) is 10.0. The molecule has 1 atom stereocenters. The molecule has 0 radical (unpaired) electrons. The number of hydrogen-bond acceptors (Lipinski definition) is 3. The number of likely N-dealkylation sites (N-methyl/N-ethyl adjacent to an activating group) is 1. The van der Waals surface area contributed by atoms with E-state index in [9.17, 15) is 18.4 Å². The van der Waals surface area contributed by atoms with Gasteiger partial charge in [-0.2, -0.15) is 0 Å². The van der Waals surface area contributed by atoms with E-state index in [4.69, 9.17) is 4.42 Å². The minimum absolute atomic E-state index is 0.130. The lowest BCUT2D eigenvalue weighted by molar-refractivity contribution is -0.122. The Hall–Kier alpha value is -2.70. The van der Waals surface area contributed by atoms with Gasteiger partial charge in [-0.3, -0.25) is 9.59 Å². The summed E-state index contributed by atoms with van der Waals surface area (Å²) in [5.41, 5.74) is 0.344. The highest BCUT2D eigenvalue weighted by Crippen LogP contribution is 2.17. The normalized spacial score (nSPS) is 11.8. The molecule has 0 aliphatic heterocycles. The Kier molecular flexibility index (Phi) is 4.32. The molecule has 110 valence electrons. The van der Waals surface area contributed by atoms with Crippen LogP contribution in [0.5, 0.6) is 0 Å². The molecule has 1 aromatic heterocycles. The molecular formula is C14H12F2N2O3. The molecule has 2 aromatic rings. The van der Waals surface area contributed by atoms with Gasteiger partial charge >= 0.3 is 0 Å². The lowest BCUT2D eigenvalue weighted by atomic mass is 10.1. The highest BCUT2D eigenvalue weighted by atomic mass is 19.2. The van der Waals surface area contributed by atoms with Crippen molar-refractivity contribution in [3.8, 4) is 0 Å². The Morgan fingerprint density at radius 2 is 1.95 bits per heavy atom. The first kappa shape index (κ1) is 14.7. The van der Waals surface area contributed by atoms with Crippen LogP contribution in [-0.4, -0.2) is 18.9 Å². The van der Waals surface area contributed by atoms with Gasteiger partial charge in [0.1, 0.15) is 12.3 Å². The number of furan rings is 1. The van der Waals surface area contributed by atoms with E-state index in [1.807, 2.05) is 0 Å². The summed E-state index contributed by atoms with van der Waals surface area (Å²) in [7, 11) is 1.37. The predicted molar refractivity (Wildman–Crippen MR) is 69.3 cm³/mol. The van der Waals surface area contributed by atoms with Crippen LogP contribution in [0, 0.1) is 11.6 Å². The van der Waals surface area contributed by atoms with Crippen molar-refractivity contribution in [2.45, 2.75) is 6.04 Å². The molecule has 2 amide bonds. The van der Waals surface area contributed by atoms with Gasteiger partial charge in [-0.25, -0.2) is 8.78 Å². The van der Waals surface area contributed by atoms with Crippen molar-refractivity contribution in [2.24, 2.45) is 0 Å². The second-order valence-electron chi connectivity index (χ2n) is 4.21. The van der Waals surface area contributed by atoms with Gasteiger partial charge in [-0.15, -0.1) is 0 Å². The quantitative estimate of drug-likeness (QED) is 0.903. The first-order valence-corrected chi connectivity index (χ1v) is 6.02. The molecule has 0 aliphatic rings. The monoisotopic (exact) mass is 294 g/mol. The number of rotatable bonds is 4. The Morgan fingerprint density at radius 1 is 1.19 bits per heavy atom. The van der Waals surface area contributed by atoms with Gasteiger partial charge in [0.25, 0.3) is 5.91 Å². The van der Waals surface area contributed by atoms with Crippen LogP contribution in [0.3, 0.4) is 0 Å². The number of carbonyl (C=O) groups excluding carboxylic acids is 2. The van der Waals surface area contributed by atoms with Crippen LogP contribution in [-0.2, 0) is 4.79 Å². The van der Waals surface area contributed by atoms with Crippen molar-refractivity contribution in [3.63, 3.8) is 0 Å². The van der Waals surface area contributed by atoms with Gasteiger partial charge in [0, 0.05) is 7.05 Å². The summed E-state index contributed by atoms with van der Waals surface area (Å²) in [4.78, 5) is 23.8. The van der Waals surface area contributed by atoms with Gasteiger partial charge in [0.15, 0.2) is 11.6 Å². The van der Waals surface area contributed by atoms with Crippen molar-refractivity contribution in [3.05, 3.63) is 59.6 Å². The van der Waals surface area contributed by atoms with Gasteiger partial charge in [-0.1, -0.05) is 6.07 Å². The Bertz CT molecular complexity index is 656. The summed E-state index contributed by atoms with van der Waals surface area (Å²) in [6.07, 6.45) is 2.52. The van der Waals surface area contributed by atoms with Crippen molar-refractivity contribution in [2.75, 3.05) is 7.05 Å². The maximum atomic E-state index is 13.3. The molecule has 0 aliphatic carbocycles. The third kappa shape index (κ3) is 3.25. The first-order valence-electron chi connectivity index (χ1n) is 6.02. The summed E-state index contributed by atoms with van der Waals surface area (Å²) in [6, 6.07) is 3.26. The second kappa shape index (κ2) is 6.17. The Morgan fingerprint density at radius 3 is 2.52 bits per heavy atom. The van der Waals surface area contributed by atoms with E-state index in [0.717, 1.165) is 12.1 Å². The second-order valence-corrected chi connectivity index (χ2v) is 4.21. The molecule has 2 rings (SSSR count). The molecule has 5 nitrogen and oxygen atoms in total. The zero-order valence-electron chi connectivity index (χ0n) is 11.0. The van der Waals surface area contributed by atoms with Crippen LogP contribution >= 0.6 is 0 Å². The van der Waals surface area contributed by atoms with Crippen LogP contribution in [0.1, 0.15) is 22.0 Å². The van der Waals surface area contributed by atoms with Crippen molar-refractivity contribution in [1.29, 1.82) is 0 Å². The SMILES string of the molecule is CNC(=O)C(NC(=O)c1ccoc1)c1ccc(F)c(F)c1. The Balaban J connectivity index is 2.28. The maximum absolute atomic E-state index is 13.3. The van der Waals surface area contributed by atoms with E-state index >= 15 is 0 Å². The van der Waals surface area contributed by atoms with Gasteiger partial charge in [0.2, 0.25) is 5.91 Å². The number of carbonyl (C=O) groups is 2. The highest BCUT2D eigenvalue weighted by molar-refractivity contribution is 5.97. The number of hydrogen-bond donors (Lipinski definition) is 2. The lowest BCUT2D eigenvalue weighted by Crippen LogP contribution is -2.39. The minimum atomic E-state index is -1.15. The van der Waals surface area contributed by atoms with E-state index in [0.29, 0.717) is 0 Å². The number of benzene rings is 1. The lowest BCUT2D eigenvalue weighted by Gasteiger charge is -2.17. The van der Waals surface area contributed by atoms with E-state index in [1.54, 1.807) is 0 Å². The maximum Gasteiger partial charge on any atom is 0.255 e. The van der Waals surface area contributed by atoms with E-state index in [2.05, 4.69) is 10.6 Å². The van der Waals surface area contributed by atoms with E-state index < -0.39 is 29.5 Å². The Labute approximate surface area is 118 Å². The minimum Gasteiger partial charge on any atom is -0.472 e. The third-order valence-electron chi connectivity index (χ3n) is 2.84. The molecule has 0 bridgehead atoms. The molecule has 1 heterocycles. The molecule has 0 saturated carbocycles. The van der Waals surface area contributed by atoms with Gasteiger partial charge in [-0.05, 0) is 23.8 Å². The predicted octanol–water partition coefficient (Wildman–Crippen LogP) is 1.77. The van der Waals surface area contributed by atoms with E-state index in [-0.39, 0.29) is 11.1 Å². The zero-order valence-corrected chi connectivity index (χ0v) is 11.0. The average Bonchev–Trinajstić information content (AvgIpc) is 3.01.